The minimum atomic E-state index is -0.583. The van der Waals surface area contributed by atoms with Gasteiger partial charge in [-0.2, -0.15) is 10.5 Å². The number of anilines is 1. The van der Waals surface area contributed by atoms with Gasteiger partial charge in [0.25, 0.3) is 5.69 Å². The summed E-state index contributed by atoms with van der Waals surface area (Å²) in [5.41, 5.74) is 6.36. The van der Waals surface area contributed by atoms with Gasteiger partial charge in [0.1, 0.15) is 17.7 Å². The number of nitrogens with zero attached hydrogens (tertiary/aromatic N) is 5. The number of nitrogens with two attached hydrogens (primary N) is 1. The molecule has 2 aromatic carbocycles. The number of nitriles is 2. The Morgan fingerprint density at radius 1 is 0.810 bits per heavy atom. The highest BCUT2D eigenvalue weighted by atomic mass is 16.6. The van der Waals surface area contributed by atoms with Crippen LogP contribution in [0.3, 0.4) is 0 Å². The van der Waals surface area contributed by atoms with Crippen LogP contribution in [-0.2, 0) is 0 Å². The number of nitro benzene ring substituents is 1. The molecule has 0 aliphatic carbocycles. The van der Waals surface area contributed by atoms with E-state index in [2.05, 4.69) is 23.9 Å². The number of hydrogen-bond donors (Lipinski definition) is 1. The maximum absolute atomic E-state index is 11.0. The predicted molar refractivity (Wildman–Crippen MR) is 158 cm³/mol. The second kappa shape index (κ2) is 15.7. The average molecular weight is 581 g/mol. The standard InChI is InChI=1S/C15H19N3O4.C15H21N3O2/c1-17-5-3-11(4-6-17)10-22-15-8-13(18(19)20)12(9-16)7-14(15)21-2;1-18-5-3-11(4-6-18)10-20-15-8-13(17)12(9-16)7-14(15)19-2/h7-8,11H,3-6,10H2,1-2H3;7-8,11H,3-6,10,17H2,1-2H3. The zero-order chi connectivity index (χ0) is 30.6. The highest BCUT2D eigenvalue weighted by Crippen LogP contribution is 2.35. The van der Waals surface area contributed by atoms with Crippen molar-refractivity contribution < 1.29 is 23.9 Å². The zero-order valence-electron chi connectivity index (χ0n) is 24.8. The van der Waals surface area contributed by atoms with E-state index < -0.39 is 4.92 Å². The van der Waals surface area contributed by atoms with E-state index in [4.69, 9.17) is 35.2 Å². The Hall–Kier alpha value is -4.26. The monoisotopic (exact) mass is 580 g/mol. The van der Waals surface area contributed by atoms with Crippen molar-refractivity contribution in [1.29, 1.82) is 10.5 Å². The van der Waals surface area contributed by atoms with Crippen molar-refractivity contribution in [1.82, 2.24) is 9.80 Å². The molecule has 0 spiro atoms. The van der Waals surface area contributed by atoms with Gasteiger partial charge in [0.05, 0.1) is 49.7 Å². The van der Waals surface area contributed by atoms with Gasteiger partial charge in [-0.15, -0.1) is 0 Å². The molecule has 0 bridgehead atoms. The van der Waals surface area contributed by atoms with Crippen LogP contribution in [0.15, 0.2) is 24.3 Å². The van der Waals surface area contributed by atoms with Gasteiger partial charge in [0, 0.05) is 18.2 Å². The average Bonchev–Trinajstić information content (AvgIpc) is 3.00. The topological polar surface area (TPSA) is 160 Å². The van der Waals surface area contributed by atoms with Crippen molar-refractivity contribution in [2.45, 2.75) is 25.7 Å². The normalized spacial score (nSPS) is 16.3. The molecule has 0 radical (unpaired) electrons. The number of benzene rings is 2. The van der Waals surface area contributed by atoms with Crippen LogP contribution in [0.4, 0.5) is 11.4 Å². The van der Waals surface area contributed by atoms with Gasteiger partial charge in [-0.3, -0.25) is 10.1 Å². The van der Waals surface area contributed by atoms with Crippen LogP contribution in [-0.4, -0.2) is 82.4 Å². The Balaban J connectivity index is 0.000000231. The zero-order valence-corrected chi connectivity index (χ0v) is 24.8. The van der Waals surface area contributed by atoms with Gasteiger partial charge < -0.3 is 34.5 Å². The second-order valence-corrected chi connectivity index (χ2v) is 10.7. The molecular formula is C30H40N6O6. The van der Waals surface area contributed by atoms with Gasteiger partial charge in [-0.05, 0) is 77.8 Å². The van der Waals surface area contributed by atoms with Crippen LogP contribution >= 0.6 is 0 Å². The van der Waals surface area contributed by atoms with E-state index in [0.29, 0.717) is 59.3 Å². The number of ether oxygens (including phenoxy) is 4. The van der Waals surface area contributed by atoms with E-state index in [-0.39, 0.29) is 11.3 Å². The molecule has 2 heterocycles. The Bertz CT molecular complexity index is 1290. The Labute approximate surface area is 247 Å². The first-order valence-electron chi connectivity index (χ1n) is 14.0. The summed E-state index contributed by atoms with van der Waals surface area (Å²) in [5.74, 6) is 2.82. The lowest BCUT2D eigenvalue weighted by Crippen LogP contribution is -2.32. The number of hydrogen-bond acceptors (Lipinski definition) is 11. The van der Waals surface area contributed by atoms with Crippen LogP contribution < -0.4 is 24.7 Å². The number of methoxy groups -OCH3 is 2. The van der Waals surface area contributed by atoms with Crippen molar-refractivity contribution in [3.05, 3.63) is 45.5 Å². The molecule has 12 nitrogen and oxygen atoms in total. The molecule has 2 aliphatic rings. The van der Waals surface area contributed by atoms with E-state index in [9.17, 15) is 10.1 Å². The highest BCUT2D eigenvalue weighted by molar-refractivity contribution is 5.62. The van der Waals surface area contributed by atoms with E-state index in [1.807, 2.05) is 6.07 Å². The Morgan fingerprint density at radius 2 is 1.24 bits per heavy atom. The van der Waals surface area contributed by atoms with Crippen LogP contribution in [0.25, 0.3) is 0 Å². The molecule has 42 heavy (non-hydrogen) atoms. The smallest absolute Gasteiger partial charge is 0.291 e. The van der Waals surface area contributed by atoms with E-state index in [1.54, 1.807) is 25.3 Å². The fourth-order valence-corrected chi connectivity index (χ4v) is 4.88. The van der Waals surface area contributed by atoms with Crippen LogP contribution in [0, 0.1) is 44.6 Å². The van der Waals surface area contributed by atoms with Gasteiger partial charge in [0.2, 0.25) is 0 Å². The number of rotatable bonds is 9. The van der Waals surface area contributed by atoms with E-state index in [1.165, 1.54) is 19.2 Å². The first-order chi connectivity index (χ1) is 20.2. The number of nitro groups is 1. The third-order valence-electron chi connectivity index (χ3n) is 7.68. The molecule has 0 saturated carbocycles. The first kappa shape index (κ1) is 32.3. The van der Waals surface area contributed by atoms with Crippen molar-refractivity contribution in [3.8, 4) is 35.1 Å². The number of nitrogen functional groups attached to an aromatic ring is 1. The summed E-state index contributed by atoms with van der Waals surface area (Å²) in [7, 11) is 7.24. The third-order valence-corrected chi connectivity index (χ3v) is 7.68. The molecule has 2 saturated heterocycles. The van der Waals surface area contributed by atoms with Crippen LogP contribution in [0.5, 0.6) is 23.0 Å². The molecular weight excluding hydrogens is 540 g/mol. The van der Waals surface area contributed by atoms with Gasteiger partial charge in [-0.25, -0.2) is 0 Å². The molecule has 0 aromatic heterocycles. The molecule has 226 valence electrons. The highest BCUT2D eigenvalue weighted by Gasteiger charge is 2.22. The van der Waals surface area contributed by atoms with E-state index in [0.717, 1.165) is 51.9 Å². The lowest BCUT2D eigenvalue weighted by Gasteiger charge is -2.28. The lowest BCUT2D eigenvalue weighted by molar-refractivity contribution is -0.385. The Kier molecular flexibility index (Phi) is 12.0. The van der Waals surface area contributed by atoms with Gasteiger partial charge >= 0.3 is 0 Å². The summed E-state index contributed by atoms with van der Waals surface area (Å²) in [6.45, 7) is 5.43. The molecule has 0 unspecified atom stereocenters. The van der Waals surface area contributed by atoms with Crippen LogP contribution in [0.2, 0.25) is 0 Å². The number of likely N-dealkylation sites (tertiary alicyclic amines) is 2. The fourth-order valence-electron chi connectivity index (χ4n) is 4.88. The van der Waals surface area contributed by atoms with Crippen molar-refractivity contribution in [2.75, 3.05) is 73.4 Å². The van der Waals surface area contributed by atoms with E-state index >= 15 is 0 Å². The third kappa shape index (κ3) is 8.87. The summed E-state index contributed by atoms with van der Waals surface area (Å²) < 4.78 is 22.0. The van der Waals surface area contributed by atoms with Crippen molar-refractivity contribution in [3.63, 3.8) is 0 Å². The Morgan fingerprint density at radius 3 is 1.64 bits per heavy atom. The summed E-state index contributed by atoms with van der Waals surface area (Å²) in [4.78, 5) is 15.0. The maximum atomic E-state index is 11.0. The SMILES string of the molecule is COc1cc(C#N)c(N)cc1OCC1CCN(C)CC1.COc1cc(C#N)c([N+](=O)[O-])cc1OCC1CCN(C)CC1. The molecule has 12 heteroatoms. The maximum Gasteiger partial charge on any atom is 0.291 e. The predicted octanol–water partition coefficient (Wildman–Crippen LogP) is 4.07. The second-order valence-electron chi connectivity index (χ2n) is 10.7. The lowest BCUT2D eigenvalue weighted by atomic mass is 9.98. The van der Waals surface area contributed by atoms with Gasteiger partial charge in [-0.1, -0.05) is 0 Å². The van der Waals surface area contributed by atoms with Crippen molar-refractivity contribution in [2.24, 2.45) is 11.8 Å². The molecule has 0 amide bonds. The quantitative estimate of drug-likeness (QED) is 0.259. The van der Waals surface area contributed by atoms with Crippen LogP contribution in [0.1, 0.15) is 36.8 Å². The molecule has 2 aromatic rings. The molecule has 2 fully saturated rings. The van der Waals surface area contributed by atoms with Gasteiger partial charge in [0.15, 0.2) is 23.0 Å². The molecule has 2 aliphatic heterocycles. The molecule has 2 N–H and O–H groups in total. The number of piperidine rings is 2. The largest absolute Gasteiger partial charge is 0.493 e. The first-order valence-corrected chi connectivity index (χ1v) is 14.0. The summed E-state index contributed by atoms with van der Waals surface area (Å²) in [6.07, 6.45) is 4.36. The minimum Gasteiger partial charge on any atom is -0.493 e. The van der Waals surface area contributed by atoms with Crippen molar-refractivity contribution >= 4 is 11.4 Å². The molecule has 4 rings (SSSR count). The molecule has 0 atom stereocenters. The summed E-state index contributed by atoms with van der Waals surface area (Å²) in [5, 5.41) is 29.0. The minimum absolute atomic E-state index is 0.0338. The summed E-state index contributed by atoms with van der Waals surface area (Å²) >= 11 is 0. The fraction of sp³-hybridized carbons (Fsp3) is 0.533. The summed E-state index contributed by atoms with van der Waals surface area (Å²) in [6, 6.07) is 9.76.